The smallest absolute Gasteiger partial charge is 0.126 e. The van der Waals surface area contributed by atoms with Crippen LogP contribution in [0.2, 0.25) is 0 Å². The second-order valence-corrected chi connectivity index (χ2v) is 5.69. The van der Waals surface area contributed by atoms with Gasteiger partial charge in [-0.2, -0.15) is 0 Å². The van der Waals surface area contributed by atoms with Crippen molar-refractivity contribution >= 4 is 38.8 Å². The average molecular weight is 312 g/mol. The number of anilines is 2. The van der Waals surface area contributed by atoms with Gasteiger partial charge in [0.15, 0.2) is 0 Å². The number of halogens is 1. The molecule has 0 bridgehead atoms. The maximum absolute atomic E-state index is 5.72. The maximum Gasteiger partial charge on any atom is 0.126 e. The Morgan fingerprint density at radius 2 is 2.29 bits per heavy atom. The molecule has 3 nitrogen and oxygen atoms in total. The molecule has 0 unspecified atom stereocenters. The summed E-state index contributed by atoms with van der Waals surface area (Å²) in [5.74, 6) is 0.882. The molecule has 0 radical (unpaired) electrons. The van der Waals surface area contributed by atoms with Crippen molar-refractivity contribution < 1.29 is 0 Å². The number of pyridine rings is 1. The van der Waals surface area contributed by atoms with E-state index in [0.29, 0.717) is 0 Å². The van der Waals surface area contributed by atoms with Gasteiger partial charge in [0, 0.05) is 21.3 Å². The number of thiophene rings is 1. The average Bonchev–Trinajstić information content (AvgIpc) is 2.70. The number of rotatable bonds is 4. The van der Waals surface area contributed by atoms with Gasteiger partial charge in [-0.15, -0.1) is 11.3 Å². The lowest BCUT2D eigenvalue weighted by Crippen LogP contribution is -2.06. The molecule has 0 saturated carbocycles. The largest absolute Gasteiger partial charge is 0.397 e. The van der Waals surface area contributed by atoms with E-state index in [9.17, 15) is 0 Å². The van der Waals surface area contributed by atoms with Gasteiger partial charge >= 0.3 is 0 Å². The number of hydrogen-bond acceptors (Lipinski definition) is 4. The number of nitrogens with two attached hydrogens (primary N) is 1. The van der Waals surface area contributed by atoms with Crippen molar-refractivity contribution in [1.82, 2.24) is 4.98 Å². The van der Waals surface area contributed by atoms with Gasteiger partial charge in [-0.1, -0.05) is 0 Å². The third kappa shape index (κ3) is 3.44. The SMILES string of the molecule is Cc1nc(NCCc2cc(Br)cs2)ccc1N. The van der Waals surface area contributed by atoms with Crippen molar-refractivity contribution in [3.05, 3.63) is 38.6 Å². The van der Waals surface area contributed by atoms with Gasteiger partial charge in [-0.05, 0) is 47.5 Å². The Labute approximate surface area is 113 Å². The van der Waals surface area contributed by atoms with Crippen LogP contribution in [-0.4, -0.2) is 11.5 Å². The topological polar surface area (TPSA) is 50.9 Å². The molecule has 0 amide bonds. The van der Waals surface area contributed by atoms with Gasteiger partial charge < -0.3 is 11.1 Å². The first kappa shape index (κ1) is 12.4. The Kier molecular flexibility index (Phi) is 4.02. The van der Waals surface area contributed by atoms with Crippen LogP contribution in [-0.2, 0) is 6.42 Å². The van der Waals surface area contributed by atoms with Crippen molar-refractivity contribution in [2.75, 3.05) is 17.6 Å². The van der Waals surface area contributed by atoms with Gasteiger partial charge in [0.2, 0.25) is 0 Å². The Hall–Kier alpha value is -1.07. The fraction of sp³-hybridized carbons (Fsp3) is 0.250. The van der Waals surface area contributed by atoms with E-state index in [4.69, 9.17) is 5.73 Å². The lowest BCUT2D eigenvalue weighted by atomic mass is 10.3. The standard InChI is InChI=1S/C12H14BrN3S/c1-8-11(14)2-3-12(16-8)15-5-4-10-6-9(13)7-17-10/h2-3,6-7H,4-5,14H2,1H3,(H,15,16). The summed E-state index contributed by atoms with van der Waals surface area (Å²) in [6.45, 7) is 2.79. The summed E-state index contributed by atoms with van der Waals surface area (Å²) in [7, 11) is 0. The molecule has 0 atom stereocenters. The van der Waals surface area contributed by atoms with Crippen molar-refractivity contribution in [3.8, 4) is 0 Å². The van der Waals surface area contributed by atoms with Crippen LogP contribution in [0.25, 0.3) is 0 Å². The first-order chi connectivity index (χ1) is 8.15. The number of hydrogen-bond donors (Lipinski definition) is 2. The molecular weight excluding hydrogens is 298 g/mol. The van der Waals surface area contributed by atoms with Crippen LogP contribution in [0.5, 0.6) is 0 Å². The lowest BCUT2D eigenvalue weighted by molar-refractivity contribution is 1.02. The van der Waals surface area contributed by atoms with Crippen LogP contribution < -0.4 is 11.1 Å². The zero-order valence-electron chi connectivity index (χ0n) is 9.53. The molecule has 0 aliphatic rings. The van der Waals surface area contributed by atoms with Crippen molar-refractivity contribution in [2.24, 2.45) is 0 Å². The fourth-order valence-corrected chi connectivity index (χ4v) is 2.92. The molecule has 0 aromatic carbocycles. The highest BCUT2D eigenvalue weighted by Crippen LogP contribution is 2.20. The molecule has 0 fully saturated rings. The van der Waals surface area contributed by atoms with Crippen LogP contribution in [0, 0.1) is 6.92 Å². The highest BCUT2D eigenvalue weighted by molar-refractivity contribution is 9.10. The summed E-state index contributed by atoms with van der Waals surface area (Å²) in [6.07, 6.45) is 1.00. The van der Waals surface area contributed by atoms with Crippen molar-refractivity contribution in [2.45, 2.75) is 13.3 Å². The number of nitrogen functional groups attached to an aromatic ring is 1. The molecule has 0 aliphatic heterocycles. The molecule has 2 rings (SSSR count). The van der Waals surface area contributed by atoms with Crippen LogP contribution >= 0.6 is 27.3 Å². The molecule has 5 heteroatoms. The first-order valence-electron chi connectivity index (χ1n) is 5.35. The molecule has 0 saturated heterocycles. The normalized spacial score (nSPS) is 10.5. The van der Waals surface area contributed by atoms with Crippen LogP contribution in [0.15, 0.2) is 28.1 Å². The molecule has 2 heterocycles. The second-order valence-electron chi connectivity index (χ2n) is 3.78. The number of aryl methyl sites for hydroxylation is 1. The van der Waals surface area contributed by atoms with Crippen molar-refractivity contribution in [3.63, 3.8) is 0 Å². The Bertz CT molecular complexity index is 510. The van der Waals surface area contributed by atoms with Gasteiger partial charge in [0.25, 0.3) is 0 Å². The monoisotopic (exact) mass is 311 g/mol. The van der Waals surface area contributed by atoms with E-state index in [1.165, 1.54) is 4.88 Å². The molecule has 90 valence electrons. The minimum absolute atomic E-state index is 0.734. The van der Waals surface area contributed by atoms with Crippen LogP contribution in [0.1, 0.15) is 10.6 Å². The third-order valence-corrected chi connectivity index (χ3v) is 4.18. The van der Waals surface area contributed by atoms with E-state index in [1.54, 1.807) is 11.3 Å². The molecule has 17 heavy (non-hydrogen) atoms. The summed E-state index contributed by atoms with van der Waals surface area (Å²) < 4.78 is 1.15. The maximum atomic E-state index is 5.72. The van der Waals surface area contributed by atoms with E-state index in [0.717, 1.165) is 34.6 Å². The van der Waals surface area contributed by atoms with E-state index in [-0.39, 0.29) is 0 Å². The highest BCUT2D eigenvalue weighted by atomic mass is 79.9. The zero-order chi connectivity index (χ0) is 12.3. The van der Waals surface area contributed by atoms with E-state index in [1.807, 2.05) is 19.1 Å². The Morgan fingerprint density at radius 3 is 2.94 bits per heavy atom. The Morgan fingerprint density at radius 1 is 1.47 bits per heavy atom. The number of nitrogens with zero attached hydrogens (tertiary/aromatic N) is 1. The summed E-state index contributed by atoms with van der Waals surface area (Å²) in [5.41, 5.74) is 7.32. The number of aromatic nitrogens is 1. The number of nitrogens with one attached hydrogen (secondary N) is 1. The van der Waals surface area contributed by atoms with Gasteiger partial charge in [0.05, 0.1) is 11.4 Å². The predicted molar refractivity (Wildman–Crippen MR) is 77.6 cm³/mol. The van der Waals surface area contributed by atoms with E-state index < -0.39 is 0 Å². The van der Waals surface area contributed by atoms with Gasteiger partial charge in [-0.3, -0.25) is 0 Å². The third-order valence-electron chi connectivity index (χ3n) is 2.43. The minimum atomic E-state index is 0.734. The first-order valence-corrected chi connectivity index (χ1v) is 7.02. The van der Waals surface area contributed by atoms with Crippen LogP contribution in [0.3, 0.4) is 0 Å². The molecule has 0 aliphatic carbocycles. The fourth-order valence-electron chi connectivity index (χ4n) is 1.47. The molecule has 0 spiro atoms. The molecule has 2 aromatic heterocycles. The molecule has 2 aromatic rings. The summed E-state index contributed by atoms with van der Waals surface area (Å²) in [6, 6.07) is 5.94. The molecular formula is C12H14BrN3S. The zero-order valence-corrected chi connectivity index (χ0v) is 11.9. The summed E-state index contributed by atoms with van der Waals surface area (Å²) in [4.78, 5) is 5.73. The second kappa shape index (κ2) is 5.51. The quantitative estimate of drug-likeness (QED) is 0.909. The van der Waals surface area contributed by atoms with E-state index >= 15 is 0 Å². The van der Waals surface area contributed by atoms with Gasteiger partial charge in [-0.25, -0.2) is 4.98 Å². The minimum Gasteiger partial charge on any atom is -0.397 e. The Balaban J connectivity index is 1.87. The highest BCUT2D eigenvalue weighted by Gasteiger charge is 2.00. The predicted octanol–water partition coefficient (Wildman–Crippen LogP) is 3.45. The van der Waals surface area contributed by atoms with Gasteiger partial charge in [0.1, 0.15) is 5.82 Å². The summed E-state index contributed by atoms with van der Waals surface area (Å²) >= 11 is 5.21. The van der Waals surface area contributed by atoms with Crippen LogP contribution in [0.4, 0.5) is 11.5 Å². The lowest BCUT2D eigenvalue weighted by Gasteiger charge is -2.06. The summed E-state index contributed by atoms with van der Waals surface area (Å²) in [5, 5.41) is 5.39. The molecule has 3 N–H and O–H groups in total. The van der Waals surface area contributed by atoms with Crippen molar-refractivity contribution in [1.29, 1.82) is 0 Å². The van der Waals surface area contributed by atoms with E-state index in [2.05, 4.69) is 37.7 Å².